The first-order chi connectivity index (χ1) is 17.0. The average molecular weight is 552 g/mol. The number of hydrogen-bond donors (Lipinski definition) is 0. The van der Waals surface area contributed by atoms with Crippen LogP contribution in [0.2, 0.25) is 0 Å². The molecular weight excluding hydrogens is 520 g/mol. The summed E-state index contributed by atoms with van der Waals surface area (Å²) < 4.78 is 2.81. The number of fused-ring (bicyclic) bond motifs is 4. The van der Waals surface area contributed by atoms with E-state index >= 15 is 0 Å². The van der Waals surface area contributed by atoms with E-state index < -0.39 is 0 Å². The molecule has 5 rings (SSSR count). The summed E-state index contributed by atoms with van der Waals surface area (Å²) in [6, 6.07) is 15.9. The fourth-order valence-electron chi connectivity index (χ4n) is 5.69. The van der Waals surface area contributed by atoms with Gasteiger partial charge in [0.15, 0.2) is 10.9 Å². The van der Waals surface area contributed by atoms with Crippen molar-refractivity contribution < 1.29 is 4.79 Å². The number of thioether (sulfide) groups is 1. The Labute approximate surface area is 219 Å². The van der Waals surface area contributed by atoms with E-state index in [9.17, 15) is 9.59 Å². The summed E-state index contributed by atoms with van der Waals surface area (Å²) in [4.78, 5) is 32.3. The topological polar surface area (TPSA) is 52.0 Å². The number of Topliss-reactive ketones (excluding diaryl/α,β-unsaturated/α-hetero) is 1. The van der Waals surface area contributed by atoms with Crippen LogP contribution in [0.1, 0.15) is 73.4 Å². The highest BCUT2D eigenvalue weighted by Crippen LogP contribution is 2.48. The number of nitrogens with zero attached hydrogens (tertiary/aromatic N) is 2. The van der Waals surface area contributed by atoms with E-state index in [1.807, 2.05) is 34.9 Å². The molecule has 2 aliphatic carbocycles. The molecular formula is C29H31BrN2O2S. The molecule has 6 heteroatoms. The van der Waals surface area contributed by atoms with Crippen LogP contribution >= 0.6 is 27.7 Å². The lowest BCUT2D eigenvalue weighted by Crippen LogP contribution is -2.43. The zero-order chi connectivity index (χ0) is 24.4. The van der Waals surface area contributed by atoms with Gasteiger partial charge in [0.05, 0.1) is 17.0 Å². The third-order valence-electron chi connectivity index (χ3n) is 7.51. The number of hydrogen-bond acceptors (Lipinski definition) is 4. The highest BCUT2D eigenvalue weighted by atomic mass is 79.9. The molecule has 0 bridgehead atoms. The van der Waals surface area contributed by atoms with Crippen molar-refractivity contribution in [3.05, 3.63) is 80.0 Å². The molecule has 0 aliphatic heterocycles. The van der Waals surface area contributed by atoms with Crippen LogP contribution in [-0.2, 0) is 18.4 Å². The van der Waals surface area contributed by atoms with Crippen molar-refractivity contribution in [1.29, 1.82) is 0 Å². The molecule has 1 aromatic heterocycles. The number of rotatable bonds is 7. The standard InChI is InChI=1S/C29H31BrN2O2S/c1-2-3-17-32-27(34)25-26(31-28(32)35-19-24(33)20-11-13-22(30)14-12-20)23-10-6-5-9-21(23)18-29(25)15-7-4-8-16-29/h5-6,9-14H,2-4,7-8,15-19H2,1H3. The molecule has 1 fully saturated rings. The van der Waals surface area contributed by atoms with Gasteiger partial charge in [-0.3, -0.25) is 14.2 Å². The number of carbonyl (C=O) groups is 1. The molecule has 1 saturated carbocycles. The average Bonchev–Trinajstić information content (AvgIpc) is 2.87. The van der Waals surface area contributed by atoms with Gasteiger partial charge in [-0.05, 0) is 43.4 Å². The Bertz CT molecular complexity index is 1290. The van der Waals surface area contributed by atoms with E-state index in [1.54, 1.807) is 0 Å². The van der Waals surface area contributed by atoms with Gasteiger partial charge in [0.25, 0.3) is 5.56 Å². The summed E-state index contributed by atoms with van der Waals surface area (Å²) in [7, 11) is 0. The van der Waals surface area contributed by atoms with Gasteiger partial charge < -0.3 is 0 Å². The summed E-state index contributed by atoms with van der Waals surface area (Å²) in [6.45, 7) is 2.78. The number of ketones is 1. The van der Waals surface area contributed by atoms with Crippen LogP contribution in [0.15, 0.2) is 63.0 Å². The van der Waals surface area contributed by atoms with Crippen molar-refractivity contribution in [2.75, 3.05) is 5.75 Å². The first kappa shape index (κ1) is 24.5. The lowest BCUT2D eigenvalue weighted by molar-refractivity contribution is 0.102. The van der Waals surface area contributed by atoms with Gasteiger partial charge in [-0.25, -0.2) is 4.98 Å². The monoisotopic (exact) mass is 550 g/mol. The molecule has 0 N–H and O–H groups in total. The van der Waals surface area contributed by atoms with Crippen LogP contribution in [0.4, 0.5) is 0 Å². The van der Waals surface area contributed by atoms with E-state index in [2.05, 4.69) is 41.1 Å². The van der Waals surface area contributed by atoms with Crippen molar-refractivity contribution in [3.8, 4) is 11.3 Å². The van der Waals surface area contributed by atoms with E-state index in [0.29, 0.717) is 17.3 Å². The third kappa shape index (κ3) is 4.79. The SMILES string of the molecule is CCCCn1c(SCC(=O)c2ccc(Br)cc2)nc2c(c1=O)C1(CCCCC1)Cc1ccccc1-2. The van der Waals surface area contributed by atoms with Crippen LogP contribution in [0.5, 0.6) is 0 Å². The fraction of sp³-hybridized carbons (Fsp3) is 0.414. The first-order valence-electron chi connectivity index (χ1n) is 12.7. The van der Waals surface area contributed by atoms with E-state index in [0.717, 1.165) is 66.2 Å². The smallest absolute Gasteiger partial charge is 0.258 e. The van der Waals surface area contributed by atoms with Crippen molar-refractivity contribution in [3.63, 3.8) is 0 Å². The van der Waals surface area contributed by atoms with Gasteiger partial charge in [-0.1, -0.05) is 96.7 Å². The zero-order valence-electron chi connectivity index (χ0n) is 20.2. The van der Waals surface area contributed by atoms with Crippen molar-refractivity contribution in [1.82, 2.24) is 9.55 Å². The van der Waals surface area contributed by atoms with Gasteiger partial charge >= 0.3 is 0 Å². The maximum absolute atomic E-state index is 14.2. The van der Waals surface area contributed by atoms with Gasteiger partial charge in [0.1, 0.15) is 0 Å². The predicted octanol–water partition coefficient (Wildman–Crippen LogP) is 7.21. The molecule has 0 radical (unpaired) electrons. The van der Waals surface area contributed by atoms with E-state index in [4.69, 9.17) is 4.98 Å². The summed E-state index contributed by atoms with van der Waals surface area (Å²) in [5.41, 5.74) is 4.82. The Morgan fingerprint density at radius 3 is 2.57 bits per heavy atom. The fourth-order valence-corrected chi connectivity index (χ4v) is 6.87. The number of carbonyl (C=O) groups excluding carboxylic acids is 1. The summed E-state index contributed by atoms with van der Waals surface area (Å²) in [6.07, 6.45) is 8.50. The molecule has 2 aromatic carbocycles. The third-order valence-corrected chi connectivity index (χ3v) is 9.02. The maximum atomic E-state index is 14.2. The number of halogens is 1. The van der Waals surface area contributed by atoms with Crippen LogP contribution < -0.4 is 5.56 Å². The summed E-state index contributed by atoms with van der Waals surface area (Å²) >= 11 is 4.82. The van der Waals surface area contributed by atoms with Gasteiger partial charge in [-0.15, -0.1) is 0 Å². The Morgan fingerprint density at radius 2 is 1.83 bits per heavy atom. The minimum Gasteiger partial charge on any atom is -0.293 e. The molecule has 0 atom stereocenters. The van der Waals surface area contributed by atoms with Gasteiger partial charge in [0.2, 0.25) is 0 Å². The second kappa shape index (κ2) is 10.4. The van der Waals surface area contributed by atoms with Crippen molar-refractivity contribution in [2.45, 2.75) is 75.4 Å². The van der Waals surface area contributed by atoms with Gasteiger partial charge in [0, 0.05) is 27.6 Å². The normalized spacial score (nSPS) is 16.1. The molecule has 35 heavy (non-hydrogen) atoms. The Balaban J connectivity index is 1.59. The minimum atomic E-state index is -0.115. The molecule has 2 aliphatic rings. The second-order valence-electron chi connectivity index (χ2n) is 9.82. The molecule has 0 unspecified atom stereocenters. The molecule has 0 saturated heterocycles. The summed E-state index contributed by atoms with van der Waals surface area (Å²) in [5.74, 6) is 0.298. The molecule has 1 heterocycles. The van der Waals surface area contributed by atoms with Crippen LogP contribution in [-0.4, -0.2) is 21.1 Å². The molecule has 1 spiro atoms. The molecule has 3 aromatic rings. The lowest BCUT2D eigenvalue weighted by Gasteiger charge is -2.42. The highest BCUT2D eigenvalue weighted by molar-refractivity contribution is 9.10. The Morgan fingerprint density at radius 1 is 1.09 bits per heavy atom. The van der Waals surface area contributed by atoms with Gasteiger partial charge in [-0.2, -0.15) is 0 Å². The quantitative estimate of drug-likeness (QED) is 0.177. The Kier molecular flexibility index (Phi) is 7.31. The largest absolute Gasteiger partial charge is 0.293 e. The number of unbranched alkanes of at least 4 members (excludes halogenated alkanes) is 1. The van der Waals surface area contributed by atoms with Crippen LogP contribution in [0, 0.1) is 0 Å². The van der Waals surface area contributed by atoms with Crippen molar-refractivity contribution >= 4 is 33.5 Å². The van der Waals surface area contributed by atoms with Crippen LogP contribution in [0.3, 0.4) is 0 Å². The summed E-state index contributed by atoms with van der Waals surface area (Å²) in [5, 5.41) is 0.662. The number of aromatic nitrogens is 2. The van der Waals surface area contributed by atoms with Crippen LogP contribution in [0.25, 0.3) is 11.3 Å². The minimum absolute atomic E-state index is 0.0423. The lowest BCUT2D eigenvalue weighted by atomic mass is 9.62. The highest BCUT2D eigenvalue weighted by Gasteiger charge is 2.43. The first-order valence-corrected chi connectivity index (χ1v) is 14.5. The second-order valence-corrected chi connectivity index (χ2v) is 11.7. The number of benzene rings is 2. The molecule has 182 valence electrons. The molecule has 0 amide bonds. The Hall–Kier alpha value is -2.18. The van der Waals surface area contributed by atoms with E-state index in [-0.39, 0.29) is 22.5 Å². The maximum Gasteiger partial charge on any atom is 0.258 e. The van der Waals surface area contributed by atoms with E-state index in [1.165, 1.54) is 23.7 Å². The predicted molar refractivity (Wildman–Crippen MR) is 147 cm³/mol. The van der Waals surface area contributed by atoms with Crippen molar-refractivity contribution in [2.24, 2.45) is 0 Å². The zero-order valence-corrected chi connectivity index (χ0v) is 22.6. The molecule has 4 nitrogen and oxygen atoms in total.